The van der Waals surface area contributed by atoms with Gasteiger partial charge >= 0.3 is 0 Å². The average Bonchev–Trinajstić information content (AvgIpc) is 2.61. The minimum Gasteiger partial charge on any atom is -0.492 e. The van der Waals surface area contributed by atoms with Crippen LogP contribution in [-0.2, 0) is 10.2 Å². The molecule has 0 aromatic heterocycles. The molecule has 0 aliphatic rings. The minimum atomic E-state index is -0.188. The van der Waals surface area contributed by atoms with E-state index in [1.165, 1.54) is 5.56 Å². The first-order valence-corrected chi connectivity index (χ1v) is 9.44. The normalized spacial score (nSPS) is 11.2. The summed E-state index contributed by atoms with van der Waals surface area (Å²) in [6.07, 6.45) is 0. The Morgan fingerprint density at radius 3 is 2.15 bits per heavy atom. The van der Waals surface area contributed by atoms with Gasteiger partial charge in [-0.25, -0.2) is 0 Å². The molecule has 0 saturated heterocycles. The van der Waals surface area contributed by atoms with E-state index in [-0.39, 0.29) is 17.9 Å². The molecule has 0 spiro atoms. The number of rotatable bonds is 7. The van der Waals surface area contributed by atoms with E-state index >= 15 is 0 Å². The molecular formula is C22H28ClNO3. The molecule has 2 rings (SSSR count). The number of hydrogen-bond donors (Lipinski definition) is 1. The van der Waals surface area contributed by atoms with Gasteiger partial charge < -0.3 is 14.8 Å². The van der Waals surface area contributed by atoms with Gasteiger partial charge in [-0.05, 0) is 60.2 Å². The maximum absolute atomic E-state index is 11.9. The third-order valence-corrected chi connectivity index (χ3v) is 4.79. The number of benzene rings is 2. The molecule has 0 unspecified atom stereocenters. The highest BCUT2D eigenvalue weighted by atomic mass is 35.5. The zero-order chi connectivity index (χ0) is 20.0. The van der Waals surface area contributed by atoms with Crippen LogP contribution < -0.4 is 14.8 Å². The second-order valence-corrected chi connectivity index (χ2v) is 8.01. The van der Waals surface area contributed by atoms with E-state index in [4.69, 9.17) is 21.1 Å². The van der Waals surface area contributed by atoms with Crippen molar-refractivity contribution >= 4 is 17.5 Å². The Morgan fingerprint density at radius 2 is 1.59 bits per heavy atom. The summed E-state index contributed by atoms with van der Waals surface area (Å²) >= 11 is 6.13. The van der Waals surface area contributed by atoms with Crippen LogP contribution in [0.2, 0.25) is 5.02 Å². The number of carbonyl (C=O) groups excluding carboxylic acids is 1. The molecule has 0 aliphatic heterocycles. The van der Waals surface area contributed by atoms with Crippen LogP contribution in [0.25, 0.3) is 0 Å². The van der Waals surface area contributed by atoms with Gasteiger partial charge in [0.1, 0.15) is 18.1 Å². The topological polar surface area (TPSA) is 47.6 Å². The lowest BCUT2D eigenvalue weighted by atomic mass is 9.87. The van der Waals surface area contributed by atoms with Crippen molar-refractivity contribution in [3.8, 4) is 11.5 Å². The molecule has 1 N–H and O–H groups in total. The molecule has 0 atom stereocenters. The fourth-order valence-corrected chi connectivity index (χ4v) is 2.71. The van der Waals surface area contributed by atoms with Crippen LogP contribution in [-0.4, -0.2) is 25.7 Å². The lowest BCUT2D eigenvalue weighted by Gasteiger charge is -2.19. The van der Waals surface area contributed by atoms with Gasteiger partial charge in [0, 0.05) is 5.02 Å². The van der Waals surface area contributed by atoms with Crippen molar-refractivity contribution < 1.29 is 14.3 Å². The van der Waals surface area contributed by atoms with E-state index in [1.54, 1.807) is 0 Å². The first-order chi connectivity index (χ1) is 12.7. The van der Waals surface area contributed by atoms with Gasteiger partial charge in [-0.15, -0.1) is 0 Å². The lowest BCUT2D eigenvalue weighted by molar-refractivity contribution is -0.123. The van der Waals surface area contributed by atoms with Gasteiger partial charge in [-0.2, -0.15) is 0 Å². The number of carbonyl (C=O) groups is 1. The molecule has 5 heteroatoms. The molecular weight excluding hydrogens is 362 g/mol. The van der Waals surface area contributed by atoms with Crippen LogP contribution in [0.4, 0.5) is 0 Å². The molecule has 0 bridgehead atoms. The summed E-state index contributed by atoms with van der Waals surface area (Å²) in [6, 6.07) is 11.7. The van der Waals surface area contributed by atoms with Crippen LogP contribution >= 0.6 is 11.6 Å². The predicted octanol–water partition coefficient (Wildman–Crippen LogP) is 4.83. The Hall–Kier alpha value is -2.20. The third-order valence-electron chi connectivity index (χ3n) is 4.19. The first kappa shape index (κ1) is 21.1. The summed E-state index contributed by atoms with van der Waals surface area (Å²) in [5, 5.41) is 3.51. The second-order valence-electron chi connectivity index (χ2n) is 7.63. The maximum Gasteiger partial charge on any atom is 0.258 e. The molecule has 0 saturated carbocycles. The highest BCUT2D eigenvalue weighted by Crippen LogP contribution is 2.26. The Labute approximate surface area is 166 Å². The average molecular weight is 390 g/mol. The van der Waals surface area contributed by atoms with Crippen molar-refractivity contribution in [1.82, 2.24) is 5.32 Å². The summed E-state index contributed by atoms with van der Waals surface area (Å²) in [4.78, 5) is 11.9. The lowest BCUT2D eigenvalue weighted by Crippen LogP contribution is -2.32. The SMILES string of the molecule is Cc1cc(OCC(=O)NCCOc2ccc(C(C)(C)C)cc2)cc(C)c1Cl. The van der Waals surface area contributed by atoms with Crippen LogP contribution in [0.5, 0.6) is 11.5 Å². The van der Waals surface area contributed by atoms with Crippen LogP contribution in [0.15, 0.2) is 36.4 Å². The molecule has 1 amide bonds. The summed E-state index contributed by atoms with van der Waals surface area (Å²) in [5.41, 5.74) is 3.23. The van der Waals surface area contributed by atoms with Crippen molar-refractivity contribution in [3.05, 3.63) is 58.1 Å². The molecule has 0 radical (unpaired) electrons. The van der Waals surface area contributed by atoms with Crippen molar-refractivity contribution in [2.45, 2.75) is 40.0 Å². The molecule has 0 heterocycles. The van der Waals surface area contributed by atoms with Crippen molar-refractivity contribution in [2.75, 3.05) is 19.8 Å². The molecule has 146 valence electrons. The van der Waals surface area contributed by atoms with E-state index in [0.29, 0.717) is 18.9 Å². The van der Waals surface area contributed by atoms with Crippen LogP contribution in [0.1, 0.15) is 37.5 Å². The van der Waals surface area contributed by atoms with Crippen molar-refractivity contribution in [3.63, 3.8) is 0 Å². The molecule has 2 aromatic rings. The smallest absolute Gasteiger partial charge is 0.258 e. The zero-order valence-corrected chi connectivity index (χ0v) is 17.4. The summed E-state index contributed by atoms with van der Waals surface area (Å²) < 4.78 is 11.2. The van der Waals surface area contributed by atoms with E-state index in [0.717, 1.165) is 21.9 Å². The van der Waals surface area contributed by atoms with Crippen LogP contribution in [0, 0.1) is 13.8 Å². The Kier molecular flexibility index (Phi) is 7.14. The molecule has 2 aromatic carbocycles. The number of halogens is 1. The Morgan fingerprint density at radius 1 is 1.00 bits per heavy atom. The van der Waals surface area contributed by atoms with E-state index in [1.807, 2.05) is 38.1 Å². The van der Waals surface area contributed by atoms with Gasteiger partial charge in [-0.1, -0.05) is 44.5 Å². The quantitative estimate of drug-likeness (QED) is 0.690. The number of ether oxygens (including phenoxy) is 2. The molecule has 0 aliphatic carbocycles. The molecule has 27 heavy (non-hydrogen) atoms. The summed E-state index contributed by atoms with van der Waals surface area (Å²) in [6.45, 7) is 11.1. The number of hydrogen-bond acceptors (Lipinski definition) is 3. The third kappa shape index (κ3) is 6.47. The monoisotopic (exact) mass is 389 g/mol. The minimum absolute atomic E-state index is 0.0409. The highest BCUT2D eigenvalue weighted by Gasteiger charge is 2.13. The Bertz CT molecular complexity index is 756. The number of amides is 1. The van der Waals surface area contributed by atoms with E-state index in [9.17, 15) is 4.79 Å². The van der Waals surface area contributed by atoms with Gasteiger partial charge in [0.05, 0.1) is 6.54 Å². The van der Waals surface area contributed by atoms with Gasteiger partial charge in [0.15, 0.2) is 6.61 Å². The van der Waals surface area contributed by atoms with Gasteiger partial charge in [-0.3, -0.25) is 4.79 Å². The van der Waals surface area contributed by atoms with E-state index in [2.05, 4.69) is 38.2 Å². The standard InChI is InChI=1S/C22H28ClNO3/c1-15-12-19(13-16(2)21(15)23)27-14-20(25)24-10-11-26-18-8-6-17(7-9-18)22(3,4)5/h6-9,12-13H,10-11,14H2,1-5H3,(H,24,25). The molecule has 0 fully saturated rings. The molecule has 4 nitrogen and oxygen atoms in total. The highest BCUT2D eigenvalue weighted by molar-refractivity contribution is 6.32. The van der Waals surface area contributed by atoms with Crippen molar-refractivity contribution in [2.24, 2.45) is 0 Å². The summed E-state index contributed by atoms with van der Waals surface area (Å²) in [7, 11) is 0. The van der Waals surface area contributed by atoms with E-state index < -0.39 is 0 Å². The largest absolute Gasteiger partial charge is 0.492 e. The number of aryl methyl sites for hydroxylation is 2. The first-order valence-electron chi connectivity index (χ1n) is 9.06. The van der Waals surface area contributed by atoms with Crippen LogP contribution in [0.3, 0.4) is 0 Å². The second kappa shape index (κ2) is 9.14. The van der Waals surface area contributed by atoms with Crippen molar-refractivity contribution in [1.29, 1.82) is 0 Å². The number of nitrogens with one attached hydrogen (secondary N) is 1. The van der Waals surface area contributed by atoms with Gasteiger partial charge in [0.25, 0.3) is 5.91 Å². The predicted molar refractivity (Wildman–Crippen MR) is 110 cm³/mol. The fraction of sp³-hybridized carbons (Fsp3) is 0.409. The summed E-state index contributed by atoms with van der Waals surface area (Å²) in [5.74, 6) is 1.24. The van der Waals surface area contributed by atoms with Gasteiger partial charge in [0.2, 0.25) is 0 Å². The fourth-order valence-electron chi connectivity index (χ4n) is 2.60. The zero-order valence-electron chi connectivity index (χ0n) is 16.7. The maximum atomic E-state index is 11.9. The Balaban J connectivity index is 1.70.